The van der Waals surface area contributed by atoms with Crippen LogP contribution in [0, 0.1) is 0 Å². The highest BCUT2D eigenvalue weighted by Crippen LogP contribution is 2.26. The third-order valence-corrected chi connectivity index (χ3v) is 3.76. The molecule has 0 fully saturated rings. The molecule has 0 bridgehead atoms. The molecular formula is C19H19F3N2O5. The number of ether oxygens (including phenoxy) is 2. The largest absolute Gasteiger partial charge is 0.490 e. The second-order valence-electron chi connectivity index (χ2n) is 5.88. The van der Waals surface area contributed by atoms with E-state index in [0.29, 0.717) is 25.3 Å². The Hall–Kier alpha value is -3.30. The fourth-order valence-electron chi connectivity index (χ4n) is 2.40. The fourth-order valence-corrected chi connectivity index (χ4v) is 2.40. The molecule has 2 heterocycles. The van der Waals surface area contributed by atoms with E-state index in [1.165, 1.54) is 0 Å². The van der Waals surface area contributed by atoms with Crippen molar-refractivity contribution in [2.24, 2.45) is 0 Å². The number of para-hydroxylation sites is 1. The summed E-state index contributed by atoms with van der Waals surface area (Å²) in [5.74, 6) is -1.35. The lowest BCUT2D eigenvalue weighted by atomic mass is 10.0. The Kier molecular flexibility index (Phi) is 7.81. The molecule has 1 aliphatic heterocycles. The lowest BCUT2D eigenvalue weighted by Gasteiger charge is -2.25. The standard InChI is InChI=1S/C17H18N2O3.C2HF3O2/c20-17(19-10-11-21-14-5-3-9-18-12-14)16-8-7-13-4-1-2-6-15(13)22-16;3-2(4,5)1(6)7/h1-6,9,12,16H,7-8,10-11H2,(H,19,20);(H,6,7). The van der Waals surface area contributed by atoms with Gasteiger partial charge in [0.2, 0.25) is 0 Å². The van der Waals surface area contributed by atoms with Crippen molar-refractivity contribution in [1.82, 2.24) is 10.3 Å². The topological polar surface area (TPSA) is 97.8 Å². The van der Waals surface area contributed by atoms with Gasteiger partial charge in [0, 0.05) is 6.20 Å². The molecule has 10 heteroatoms. The molecule has 3 rings (SSSR count). The van der Waals surface area contributed by atoms with Gasteiger partial charge in [-0.1, -0.05) is 18.2 Å². The first kappa shape index (κ1) is 22.0. The average molecular weight is 412 g/mol. The third kappa shape index (κ3) is 7.32. The maximum absolute atomic E-state index is 12.1. The van der Waals surface area contributed by atoms with Crippen molar-refractivity contribution in [3.8, 4) is 11.5 Å². The number of hydrogen-bond donors (Lipinski definition) is 2. The van der Waals surface area contributed by atoms with Crippen molar-refractivity contribution in [3.63, 3.8) is 0 Å². The number of aryl methyl sites for hydroxylation is 1. The van der Waals surface area contributed by atoms with Crippen LogP contribution in [-0.4, -0.2) is 47.4 Å². The Bertz CT molecular complexity index is 815. The van der Waals surface area contributed by atoms with E-state index in [2.05, 4.69) is 10.3 Å². The van der Waals surface area contributed by atoms with E-state index in [9.17, 15) is 18.0 Å². The second-order valence-corrected chi connectivity index (χ2v) is 5.88. The van der Waals surface area contributed by atoms with Gasteiger partial charge in [0.1, 0.15) is 18.1 Å². The normalized spacial score (nSPS) is 15.1. The molecule has 1 atom stereocenters. The molecule has 29 heavy (non-hydrogen) atoms. The van der Waals surface area contributed by atoms with Gasteiger partial charge < -0.3 is 19.9 Å². The highest BCUT2D eigenvalue weighted by atomic mass is 19.4. The van der Waals surface area contributed by atoms with Crippen LogP contribution in [-0.2, 0) is 16.0 Å². The number of fused-ring (bicyclic) bond motifs is 1. The molecule has 1 unspecified atom stereocenters. The van der Waals surface area contributed by atoms with E-state index < -0.39 is 18.2 Å². The number of alkyl halides is 3. The molecule has 1 aromatic carbocycles. The van der Waals surface area contributed by atoms with Gasteiger partial charge in [0.25, 0.3) is 5.91 Å². The molecule has 2 N–H and O–H groups in total. The summed E-state index contributed by atoms with van der Waals surface area (Å²) in [7, 11) is 0. The van der Waals surface area contributed by atoms with Crippen LogP contribution < -0.4 is 14.8 Å². The monoisotopic (exact) mass is 412 g/mol. The summed E-state index contributed by atoms with van der Waals surface area (Å²) in [4.78, 5) is 25.0. The highest BCUT2D eigenvalue weighted by Gasteiger charge is 2.38. The minimum atomic E-state index is -5.08. The zero-order valence-corrected chi connectivity index (χ0v) is 15.2. The number of carboxylic acids is 1. The summed E-state index contributed by atoms with van der Waals surface area (Å²) in [6.07, 6.45) is -0.615. The summed E-state index contributed by atoms with van der Waals surface area (Å²) in [5, 5.41) is 9.97. The molecule has 156 valence electrons. The molecule has 0 aliphatic carbocycles. The number of rotatable bonds is 5. The number of halogens is 3. The van der Waals surface area contributed by atoms with Gasteiger partial charge in [0.15, 0.2) is 6.10 Å². The number of nitrogens with zero attached hydrogens (tertiary/aromatic N) is 1. The number of nitrogens with one attached hydrogen (secondary N) is 1. The lowest BCUT2D eigenvalue weighted by Crippen LogP contribution is -2.41. The summed E-state index contributed by atoms with van der Waals surface area (Å²) < 4.78 is 43.0. The average Bonchev–Trinajstić information content (AvgIpc) is 2.71. The third-order valence-electron chi connectivity index (χ3n) is 3.76. The molecule has 0 spiro atoms. The minimum absolute atomic E-state index is 0.0933. The number of aromatic nitrogens is 1. The van der Waals surface area contributed by atoms with Crippen LogP contribution >= 0.6 is 0 Å². The quantitative estimate of drug-likeness (QED) is 0.733. The zero-order valence-electron chi connectivity index (χ0n) is 15.2. The van der Waals surface area contributed by atoms with Gasteiger partial charge in [-0.15, -0.1) is 0 Å². The number of carbonyl (C=O) groups excluding carboxylic acids is 1. The first-order valence-corrected chi connectivity index (χ1v) is 8.62. The summed E-state index contributed by atoms with van der Waals surface area (Å²) >= 11 is 0. The van der Waals surface area contributed by atoms with Gasteiger partial charge in [-0.3, -0.25) is 9.78 Å². The van der Waals surface area contributed by atoms with Crippen molar-refractivity contribution in [3.05, 3.63) is 54.4 Å². The number of pyridine rings is 1. The molecule has 0 saturated heterocycles. The van der Waals surface area contributed by atoms with Crippen LogP contribution in [0.25, 0.3) is 0 Å². The molecule has 1 aromatic heterocycles. The van der Waals surface area contributed by atoms with Crippen molar-refractivity contribution in [1.29, 1.82) is 0 Å². The van der Waals surface area contributed by atoms with Crippen molar-refractivity contribution in [2.75, 3.05) is 13.2 Å². The number of aliphatic carboxylic acids is 1. The first-order chi connectivity index (χ1) is 13.8. The predicted molar refractivity (Wildman–Crippen MR) is 95.6 cm³/mol. The van der Waals surface area contributed by atoms with Crippen LogP contribution in [0.4, 0.5) is 13.2 Å². The summed E-state index contributed by atoms with van der Waals surface area (Å²) in [5.41, 5.74) is 1.16. The molecular weight excluding hydrogens is 393 g/mol. The van der Waals surface area contributed by atoms with Gasteiger partial charge in [0.05, 0.1) is 12.7 Å². The number of carboxylic acid groups (broad SMARTS) is 1. The van der Waals surface area contributed by atoms with Crippen LogP contribution in [0.15, 0.2) is 48.8 Å². The molecule has 2 aromatic rings. The second kappa shape index (κ2) is 10.3. The van der Waals surface area contributed by atoms with Gasteiger partial charge in [-0.2, -0.15) is 13.2 Å². The maximum atomic E-state index is 12.1. The molecule has 1 amide bonds. The Labute approximate surface area is 164 Å². The summed E-state index contributed by atoms with van der Waals surface area (Å²) in [6, 6.07) is 11.5. The lowest BCUT2D eigenvalue weighted by molar-refractivity contribution is -0.192. The van der Waals surface area contributed by atoms with Crippen LogP contribution in [0.2, 0.25) is 0 Å². The Morgan fingerprint density at radius 3 is 2.62 bits per heavy atom. The summed E-state index contributed by atoms with van der Waals surface area (Å²) in [6.45, 7) is 0.843. The highest BCUT2D eigenvalue weighted by molar-refractivity contribution is 5.81. The van der Waals surface area contributed by atoms with E-state index >= 15 is 0 Å². The van der Waals surface area contributed by atoms with Gasteiger partial charge >= 0.3 is 12.1 Å². The Morgan fingerprint density at radius 2 is 1.97 bits per heavy atom. The molecule has 0 saturated carbocycles. The minimum Gasteiger partial charge on any atom is -0.490 e. The SMILES string of the molecule is O=C(NCCOc1cccnc1)C1CCc2ccccc2O1.O=C(O)C(F)(F)F. The smallest absolute Gasteiger partial charge is 0.490 e. The van der Waals surface area contributed by atoms with Crippen LogP contribution in [0.5, 0.6) is 11.5 Å². The molecule has 7 nitrogen and oxygen atoms in total. The van der Waals surface area contributed by atoms with E-state index in [-0.39, 0.29) is 5.91 Å². The Balaban J connectivity index is 0.000000370. The molecule has 0 radical (unpaired) electrons. The Morgan fingerprint density at radius 1 is 1.24 bits per heavy atom. The van der Waals surface area contributed by atoms with E-state index in [1.807, 2.05) is 30.3 Å². The van der Waals surface area contributed by atoms with Crippen molar-refractivity contribution >= 4 is 11.9 Å². The number of carbonyl (C=O) groups is 2. The molecule has 1 aliphatic rings. The predicted octanol–water partition coefficient (Wildman–Crippen LogP) is 2.60. The van der Waals surface area contributed by atoms with E-state index in [1.54, 1.807) is 18.5 Å². The van der Waals surface area contributed by atoms with Crippen molar-refractivity contribution < 1.29 is 37.3 Å². The zero-order chi connectivity index (χ0) is 21.3. The van der Waals surface area contributed by atoms with E-state index in [4.69, 9.17) is 19.4 Å². The van der Waals surface area contributed by atoms with Crippen LogP contribution in [0.3, 0.4) is 0 Å². The van der Waals surface area contributed by atoms with Crippen LogP contribution in [0.1, 0.15) is 12.0 Å². The van der Waals surface area contributed by atoms with Gasteiger partial charge in [-0.05, 0) is 36.6 Å². The number of benzene rings is 1. The number of amides is 1. The fraction of sp³-hybridized carbons (Fsp3) is 0.316. The van der Waals surface area contributed by atoms with Gasteiger partial charge in [-0.25, -0.2) is 4.79 Å². The number of hydrogen-bond acceptors (Lipinski definition) is 5. The first-order valence-electron chi connectivity index (χ1n) is 8.62. The maximum Gasteiger partial charge on any atom is 0.490 e. The van der Waals surface area contributed by atoms with E-state index in [0.717, 1.165) is 17.7 Å². The van der Waals surface area contributed by atoms with Crippen molar-refractivity contribution in [2.45, 2.75) is 25.1 Å².